The van der Waals surface area contributed by atoms with Crippen molar-refractivity contribution in [1.82, 2.24) is 9.80 Å². The predicted molar refractivity (Wildman–Crippen MR) is 147 cm³/mol. The average Bonchev–Trinajstić information content (AvgIpc) is 2.83. The van der Waals surface area contributed by atoms with Gasteiger partial charge in [-0.25, -0.2) is 0 Å². The minimum absolute atomic E-state index is 0.0347. The Hall–Kier alpha value is -2.55. The van der Waals surface area contributed by atoms with Gasteiger partial charge in [-0.05, 0) is 48.7 Å². The smallest absolute Gasteiger partial charge is 0.264 e. The second kappa shape index (κ2) is 22.6. The van der Waals surface area contributed by atoms with Crippen molar-refractivity contribution in [2.45, 2.75) is 27.7 Å². The van der Waals surface area contributed by atoms with E-state index in [0.29, 0.717) is 32.8 Å². The summed E-state index contributed by atoms with van der Waals surface area (Å²) in [6, 6.07) is 13.4. The number of carbonyl (C=O) groups excluding carboxylic acids is 2. The zero-order valence-corrected chi connectivity index (χ0v) is 22.9. The number of halogens is 1. The van der Waals surface area contributed by atoms with Crippen LogP contribution in [0.3, 0.4) is 0 Å². The summed E-state index contributed by atoms with van der Waals surface area (Å²) in [6.07, 6.45) is 1.36. The second-order valence-electron chi connectivity index (χ2n) is 5.74. The summed E-state index contributed by atoms with van der Waals surface area (Å²) in [4.78, 5) is 24.0. The van der Waals surface area contributed by atoms with Gasteiger partial charge in [0.1, 0.15) is 11.5 Å². The molecule has 0 atom stereocenters. The first-order valence-electron chi connectivity index (χ1n) is 10.2. The Labute approximate surface area is 214 Å². The highest BCUT2D eigenvalue weighted by atomic mass is 35.5. The van der Waals surface area contributed by atoms with Crippen molar-refractivity contribution in [1.29, 1.82) is 0 Å². The van der Waals surface area contributed by atoms with E-state index in [9.17, 15) is 9.59 Å². The number of aldehydes is 2. The first kappa shape index (κ1) is 35.0. The number of benzene rings is 2. The topological polar surface area (TPSA) is 70.1 Å². The number of carbonyl (C=O) groups is 2. The largest absolute Gasteiger partial charge is 0.507 e. The molecule has 1 N–H and O–H groups in total. The third-order valence-corrected chi connectivity index (χ3v) is 4.18. The van der Waals surface area contributed by atoms with E-state index in [4.69, 9.17) is 33.7 Å². The molecule has 0 fully saturated rings. The number of hydrogen-bond donors (Lipinski definition) is 1. The summed E-state index contributed by atoms with van der Waals surface area (Å²) >= 11 is 14.7. The molecule has 0 unspecified atom stereocenters. The number of thiocarbonyl (C=S) groups is 2. The van der Waals surface area contributed by atoms with Crippen LogP contribution < -0.4 is 4.74 Å². The number of nitrogens with zero attached hydrogens (tertiary/aromatic N) is 2. The van der Waals surface area contributed by atoms with E-state index in [1.165, 1.54) is 6.07 Å². The maximum atomic E-state index is 10.6. The lowest BCUT2D eigenvalue weighted by Gasteiger charge is -2.14. The molecular formula is C24H35ClN2O4S2. The van der Waals surface area contributed by atoms with E-state index in [-0.39, 0.29) is 5.75 Å². The first-order valence-corrected chi connectivity index (χ1v) is 11.4. The number of ether oxygens (including phenoxy) is 1. The molecule has 2 aromatic carbocycles. The summed E-state index contributed by atoms with van der Waals surface area (Å²) in [5.41, 5.74) is 0.828. The van der Waals surface area contributed by atoms with Gasteiger partial charge in [0.15, 0.2) is 17.0 Å². The zero-order chi connectivity index (χ0) is 26.4. The van der Waals surface area contributed by atoms with E-state index in [1.807, 2.05) is 27.7 Å². The molecule has 0 heterocycles. The van der Waals surface area contributed by atoms with Crippen molar-refractivity contribution in [3.63, 3.8) is 0 Å². The van der Waals surface area contributed by atoms with Gasteiger partial charge < -0.3 is 19.6 Å². The average molecular weight is 515 g/mol. The van der Waals surface area contributed by atoms with Gasteiger partial charge in [0.25, 0.3) is 5.17 Å². The number of phenols is 1. The Bertz CT molecular complexity index is 832. The summed E-state index contributed by atoms with van der Waals surface area (Å²) in [5.74, 6) is 0.522. The van der Waals surface area contributed by atoms with Crippen molar-refractivity contribution in [3.8, 4) is 11.5 Å². The van der Waals surface area contributed by atoms with Gasteiger partial charge in [0, 0.05) is 28.2 Å². The lowest BCUT2D eigenvalue weighted by Crippen LogP contribution is -2.25. The lowest BCUT2D eigenvalue weighted by molar-refractivity contribution is 0.111. The Morgan fingerprint density at radius 3 is 1.55 bits per heavy atom. The molecule has 0 bridgehead atoms. The Morgan fingerprint density at radius 1 is 0.818 bits per heavy atom. The van der Waals surface area contributed by atoms with Crippen molar-refractivity contribution < 1.29 is 19.4 Å². The molecular weight excluding hydrogens is 480 g/mol. The van der Waals surface area contributed by atoms with Crippen LogP contribution in [0.2, 0.25) is 0 Å². The number of phenolic OH excluding ortho intramolecular Hbond substituents is 1. The van der Waals surface area contributed by atoms with Crippen molar-refractivity contribution in [3.05, 3.63) is 59.7 Å². The normalized spacial score (nSPS) is 8.15. The van der Waals surface area contributed by atoms with E-state index >= 15 is 0 Å². The molecule has 9 heteroatoms. The van der Waals surface area contributed by atoms with Crippen molar-refractivity contribution in [2.24, 2.45) is 0 Å². The highest BCUT2D eigenvalue weighted by Crippen LogP contribution is 2.16. The number of hydrogen-bond acceptors (Lipinski definition) is 6. The maximum absolute atomic E-state index is 10.6. The molecule has 2 rings (SSSR count). The summed E-state index contributed by atoms with van der Waals surface area (Å²) in [6.45, 7) is 8.00. The van der Waals surface area contributed by atoms with E-state index < -0.39 is 0 Å². The van der Waals surface area contributed by atoms with Gasteiger partial charge in [-0.2, -0.15) is 0 Å². The van der Waals surface area contributed by atoms with Crippen LogP contribution in [0.15, 0.2) is 48.5 Å². The maximum Gasteiger partial charge on any atom is 0.264 e. The molecule has 0 aromatic heterocycles. The van der Waals surface area contributed by atoms with Crippen LogP contribution in [0.5, 0.6) is 11.5 Å². The minimum Gasteiger partial charge on any atom is -0.507 e. The van der Waals surface area contributed by atoms with Crippen molar-refractivity contribution in [2.75, 3.05) is 28.2 Å². The highest BCUT2D eigenvalue weighted by molar-refractivity contribution is 7.83. The quantitative estimate of drug-likeness (QED) is 0.229. The fraction of sp³-hybridized carbons (Fsp3) is 0.333. The summed E-state index contributed by atoms with van der Waals surface area (Å²) in [5, 5.41) is 9.21. The predicted octanol–water partition coefficient (Wildman–Crippen LogP) is 6.05. The van der Waals surface area contributed by atoms with Gasteiger partial charge >= 0.3 is 0 Å². The van der Waals surface area contributed by atoms with Crippen LogP contribution in [-0.2, 0) is 0 Å². The van der Waals surface area contributed by atoms with Crippen LogP contribution in [0.1, 0.15) is 48.4 Å². The van der Waals surface area contributed by atoms with Crippen LogP contribution in [0.4, 0.5) is 0 Å². The third kappa shape index (κ3) is 17.7. The van der Waals surface area contributed by atoms with Gasteiger partial charge in [0.05, 0.1) is 11.1 Å². The molecule has 0 aliphatic carbocycles. The van der Waals surface area contributed by atoms with E-state index in [2.05, 4.69) is 12.2 Å². The molecule has 0 amide bonds. The van der Waals surface area contributed by atoms with Gasteiger partial charge in [-0.15, -0.1) is 0 Å². The Morgan fingerprint density at radius 2 is 1.21 bits per heavy atom. The molecule has 33 heavy (non-hydrogen) atoms. The molecule has 0 aliphatic heterocycles. The molecule has 184 valence electrons. The van der Waals surface area contributed by atoms with Crippen LogP contribution >= 0.6 is 36.0 Å². The standard InChI is InChI=1S/C10H11NO2S.C7H6O2.C3H6ClNS.2C2H6/c1-11(2)10(14)13-9-6-4-3-5-8(9)7-12;8-5-6-3-1-2-4-7(6)9;1-5(2)3(4)6;2*1-2/h3-7H,1-2H3;1-5,9H;1-2H3;2*1-2H3. The third-order valence-electron chi connectivity index (χ3n) is 3.02. The fourth-order valence-corrected chi connectivity index (χ4v) is 1.53. The molecule has 0 saturated carbocycles. The number of para-hydroxylation sites is 2. The summed E-state index contributed by atoms with van der Waals surface area (Å²) < 4.78 is 5.72. The van der Waals surface area contributed by atoms with Gasteiger partial charge in [-0.1, -0.05) is 63.6 Å². The molecule has 0 saturated heterocycles. The Balaban J connectivity index is -0.000000408. The van der Waals surface area contributed by atoms with Gasteiger partial charge in [0.2, 0.25) is 0 Å². The van der Waals surface area contributed by atoms with Crippen LogP contribution in [0.25, 0.3) is 0 Å². The van der Waals surface area contributed by atoms with Gasteiger partial charge in [-0.3, -0.25) is 9.59 Å². The number of aromatic hydroxyl groups is 1. The molecule has 0 spiro atoms. The molecule has 2 aromatic rings. The van der Waals surface area contributed by atoms with E-state index in [1.54, 1.807) is 80.5 Å². The fourth-order valence-electron chi connectivity index (χ4n) is 1.44. The lowest BCUT2D eigenvalue weighted by atomic mass is 10.2. The van der Waals surface area contributed by atoms with Crippen LogP contribution in [-0.4, -0.2) is 65.3 Å². The zero-order valence-electron chi connectivity index (χ0n) is 20.5. The summed E-state index contributed by atoms with van der Waals surface area (Å²) in [7, 11) is 7.17. The molecule has 0 radical (unpaired) electrons. The van der Waals surface area contributed by atoms with E-state index in [0.717, 1.165) is 6.29 Å². The monoisotopic (exact) mass is 514 g/mol. The molecule has 6 nitrogen and oxygen atoms in total. The SMILES string of the molecule is CC.CC.CN(C)C(=S)Cl.CN(C)C(=S)Oc1ccccc1C=O.O=Cc1ccccc1O. The Kier molecular flexibility index (Phi) is 24.0. The van der Waals surface area contributed by atoms with Crippen LogP contribution in [0, 0.1) is 0 Å². The highest BCUT2D eigenvalue weighted by Gasteiger charge is 2.06. The van der Waals surface area contributed by atoms with Crippen molar-refractivity contribution >= 4 is 58.2 Å². The minimum atomic E-state index is 0.0347. The number of rotatable bonds is 3. The molecule has 0 aliphatic rings. The second-order valence-corrected chi connectivity index (χ2v) is 7.06. The first-order chi connectivity index (χ1) is 15.6.